The number of nitrogens with one attached hydrogen (secondary N) is 2. The number of aromatic carboxylic acids is 1. The number of fused-ring (bicyclic) bond motifs is 2. The molecule has 10 N–H and O–H groups in total. The number of hydrogen-bond donors (Lipinski definition) is 9. The van der Waals surface area contributed by atoms with E-state index >= 15 is 0 Å². The summed E-state index contributed by atoms with van der Waals surface area (Å²) in [5.41, 5.74) is 9.56. The smallest absolute Gasteiger partial charge is 0.410 e. The van der Waals surface area contributed by atoms with Gasteiger partial charge in [0.25, 0.3) is 16.0 Å². The van der Waals surface area contributed by atoms with E-state index in [0.717, 1.165) is 53.8 Å². The Labute approximate surface area is 526 Å². The van der Waals surface area contributed by atoms with E-state index in [9.17, 15) is 62.5 Å². The second kappa shape index (κ2) is 25.6. The summed E-state index contributed by atoms with van der Waals surface area (Å²) in [5, 5.41) is 62.1. The molecule has 6 heterocycles. The summed E-state index contributed by atoms with van der Waals surface area (Å²) in [6.07, 6.45) is 1.41. The monoisotopic (exact) mass is 1290 g/mol. The van der Waals surface area contributed by atoms with Crippen LogP contribution in [0.25, 0.3) is 27.6 Å². The largest absolute Gasteiger partial charge is 0.479 e. The van der Waals surface area contributed by atoms with E-state index in [0.29, 0.717) is 76.0 Å². The Morgan fingerprint density at radius 2 is 1.69 bits per heavy atom. The van der Waals surface area contributed by atoms with Crippen LogP contribution in [-0.4, -0.2) is 179 Å². The van der Waals surface area contributed by atoms with E-state index in [1.54, 1.807) is 30.6 Å². The number of amides is 3. The maximum atomic E-state index is 13.8. The number of pyridine rings is 2. The minimum atomic E-state index is -4.51. The fourth-order valence-corrected chi connectivity index (χ4v) is 16.3. The molecule has 29 heteroatoms. The molecule has 3 amide bonds. The highest BCUT2D eigenvalue weighted by Gasteiger charge is 2.66. The molecule has 4 aromatic heterocycles. The molecule has 2 unspecified atom stereocenters. The SMILES string of the molecule is Cc1c(-c2ccc(N3CCc4cccc(C(=O)Nc5nc6cccnc6s5)c4C3)nc2C(=O)O)cnn1CC12CC3(C)CC(C)(C1)CC(OCCN(CCS(=O)(=O)O)C(=O)OC/C=C/c1ccc(O[C@@H]4O[C@H](C(=O)O)[C@@H](O)[C@H](O)[C@H]4O)c(NC(=O)CCN)c1)(C3)C2. The summed E-state index contributed by atoms with van der Waals surface area (Å²) < 4.78 is 59.2. The van der Waals surface area contributed by atoms with Crippen molar-refractivity contribution in [1.82, 2.24) is 29.6 Å². The molecule has 0 radical (unpaired) electrons. The highest BCUT2D eigenvalue weighted by molar-refractivity contribution is 7.85. The van der Waals surface area contributed by atoms with E-state index in [-0.39, 0.29) is 72.0 Å². The van der Waals surface area contributed by atoms with Gasteiger partial charge in [0, 0.05) is 74.3 Å². The Morgan fingerprint density at radius 1 is 0.912 bits per heavy atom. The van der Waals surface area contributed by atoms with E-state index in [4.69, 9.17) is 34.8 Å². The number of carbonyl (C=O) groups excluding carboxylic acids is 3. The van der Waals surface area contributed by atoms with Crippen molar-refractivity contribution in [3.8, 4) is 16.9 Å². The molecule has 2 aromatic carbocycles. The third-order valence-corrected chi connectivity index (χ3v) is 19.4. The lowest BCUT2D eigenvalue weighted by Gasteiger charge is -2.69. The number of aliphatic hydroxyl groups is 3. The molecule has 1 saturated heterocycles. The molecule has 5 fully saturated rings. The second-order valence-corrected chi connectivity index (χ2v) is 27.8. The van der Waals surface area contributed by atoms with E-state index in [2.05, 4.69) is 34.4 Å². The van der Waals surface area contributed by atoms with Gasteiger partial charge in [-0.1, -0.05) is 49.5 Å². The first-order valence-corrected chi connectivity index (χ1v) is 32.2. The van der Waals surface area contributed by atoms with Crippen LogP contribution in [0.1, 0.15) is 102 Å². The predicted molar refractivity (Wildman–Crippen MR) is 331 cm³/mol. The van der Waals surface area contributed by atoms with Crippen LogP contribution in [-0.2, 0) is 53.4 Å². The average Bonchev–Trinajstić information content (AvgIpc) is 1.01. The summed E-state index contributed by atoms with van der Waals surface area (Å²) in [6.45, 7) is 7.09. The average molecular weight is 1290 g/mol. The number of aromatic nitrogens is 5. The molecule has 6 aliphatic rings. The molecular weight excluding hydrogens is 1220 g/mol. The Morgan fingerprint density at radius 3 is 2.42 bits per heavy atom. The van der Waals surface area contributed by atoms with Gasteiger partial charge in [-0.05, 0) is 133 Å². The van der Waals surface area contributed by atoms with Gasteiger partial charge < -0.3 is 65.3 Å². The van der Waals surface area contributed by atoms with Crippen LogP contribution >= 0.6 is 11.3 Å². The first kappa shape index (κ1) is 64.5. The summed E-state index contributed by atoms with van der Waals surface area (Å²) in [5.74, 6) is -4.07. The highest BCUT2D eigenvalue weighted by Crippen LogP contribution is 2.72. The predicted octanol–water partition coefficient (Wildman–Crippen LogP) is 5.51. The van der Waals surface area contributed by atoms with Crippen LogP contribution in [0.2, 0.25) is 0 Å². The van der Waals surface area contributed by atoms with Crippen LogP contribution in [0.15, 0.2) is 79.1 Å². The standard InChI is InChI=1S/C62H72N10O17S2/c1-35-40(38-12-14-45(68-47(38)54(78)79)71-19-16-37-8-4-9-39(41(37)27-71)52(77)69-57-67-42-10-5-18-64-53(42)90-57)26-65-72(35)34-61-29-59(2)28-60(3,30-61)32-62(31-59,33-61)87-23-20-70(21-24-91(83,84)85)58(82)86-22-6-7-36-11-13-44(43(25-36)66-46(73)15-17-63)88-56-50(76)48(74)49(75)51(89-56)55(80)81/h4-14,18,25-26,48-51,56,74-76H,15-17,19-24,27-34,63H2,1-3H3,(H,66,73)(H,78,79)(H,80,81)(H,67,69,77)(H,83,84,85)/b7-6+/t48-,49-,50+,51-,56+,59?,60?,61?,62?/m0/s1. The lowest BCUT2D eigenvalue weighted by molar-refractivity contribution is -0.271. The molecule has 4 bridgehead atoms. The molecule has 0 spiro atoms. The zero-order chi connectivity index (χ0) is 64.8. The van der Waals surface area contributed by atoms with Gasteiger partial charge >= 0.3 is 18.0 Å². The number of carbonyl (C=O) groups is 5. The van der Waals surface area contributed by atoms with Gasteiger partial charge in [-0.25, -0.2) is 29.3 Å². The number of nitrogens with zero attached hydrogens (tertiary/aromatic N) is 7. The topological polar surface area (TPSA) is 391 Å². The third kappa shape index (κ3) is 14.1. The Kier molecular flexibility index (Phi) is 18.1. The number of carboxylic acids is 2. The van der Waals surface area contributed by atoms with E-state index in [1.165, 1.54) is 41.7 Å². The molecule has 12 rings (SSSR count). The van der Waals surface area contributed by atoms with Crippen molar-refractivity contribution < 1.29 is 81.4 Å². The molecule has 6 aromatic rings. The number of carboxylic acid groups (broad SMARTS) is 2. The normalized spacial score (nSPS) is 25.9. The van der Waals surface area contributed by atoms with Crippen LogP contribution in [0.5, 0.6) is 5.75 Å². The first-order chi connectivity index (χ1) is 43.2. The lowest BCUT2D eigenvalue weighted by atomic mass is 9.39. The number of anilines is 3. The number of aliphatic carboxylic acids is 1. The minimum Gasteiger partial charge on any atom is -0.479 e. The zero-order valence-electron chi connectivity index (χ0n) is 50.2. The number of rotatable bonds is 23. The molecule has 7 atom stereocenters. The summed E-state index contributed by atoms with van der Waals surface area (Å²) in [6, 6.07) is 17.1. The van der Waals surface area contributed by atoms with Crippen LogP contribution in [0, 0.1) is 23.2 Å². The van der Waals surface area contributed by atoms with Crippen molar-refractivity contribution >= 4 is 84.4 Å². The van der Waals surface area contributed by atoms with Crippen molar-refractivity contribution in [1.29, 1.82) is 0 Å². The molecular formula is C62H72N10O17S2. The van der Waals surface area contributed by atoms with Gasteiger partial charge in [-0.3, -0.25) is 24.1 Å². The highest BCUT2D eigenvalue weighted by atomic mass is 32.2. The number of nitrogens with two attached hydrogens (primary N) is 1. The Balaban J connectivity index is 0.746. The molecule has 4 aliphatic carbocycles. The zero-order valence-corrected chi connectivity index (χ0v) is 51.8. The van der Waals surface area contributed by atoms with Crippen LogP contribution in [0.3, 0.4) is 0 Å². The van der Waals surface area contributed by atoms with Gasteiger partial charge in [0.15, 0.2) is 16.9 Å². The molecule has 4 saturated carbocycles. The van der Waals surface area contributed by atoms with E-state index < -0.39 is 82.7 Å². The van der Waals surface area contributed by atoms with Gasteiger partial charge in [-0.15, -0.1) is 0 Å². The van der Waals surface area contributed by atoms with Crippen molar-refractivity contribution in [3.05, 3.63) is 113 Å². The lowest BCUT2D eigenvalue weighted by Crippen LogP contribution is -2.64. The summed E-state index contributed by atoms with van der Waals surface area (Å²) in [7, 11) is -4.51. The number of hydrogen-bond acceptors (Lipinski definition) is 21. The van der Waals surface area contributed by atoms with Crippen molar-refractivity contribution in [2.24, 2.45) is 22.0 Å². The van der Waals surface area contributed by atoms with Crippen molar-refractivity contribution in [2.75, 3.05) is 60.7 Å². The van der Waals surface area contributed by atoms with Gasteiger partial charge in [0.2, 0.25) is 12.2 Å². The Hall–Kier alpha value is -8.00. The molecule has 27 nitrogen and oxygen atoms in total. The van der Waals surface area contributed by atoms with Crippen molar-refractivity contribution in [3.63, 3.8) is 0 Å². The quantitative estimate of drug-likeness (QED) is 0.0357. The fraction of sp³-hybridized carbons (Fsp3) is 0.468. The number of ether oxygens (including phenoxy) is 4. The molecule has 91 heavy (non-hydrogen) atoms. The van der Waals surface area contributed by atoms with Crippen LogP contribution < -0.4 is 26.0 Å². The van der Waals surface area contributed by atoms with Gasteiger partial charge in [0.1, 0.15) is 46.8 Å². The molecule has 484 valence electrons. The van der Waals surface area contributed by atoms with Gasteiger partial charge in [0.05, 0.1) is 29.8 Å². The fourth-order valence-electron chi connectivity index (χ4n) is 15.1. The first-order valence-electron chi connectivity index (χ1n) is 29.8. The number of aliphatic hydroxyl groups excluding tert-OH is 3. The summed E-state index contributed by atoms with van der Waals surface area (Å²) in [4.78, 5) is 82.4. The van der Waals surface area contributed by atoms with E-state index in [1.807, 2.05) is 40.8 Å². The number of benzene rings is 2. The van der Waals surface area contributed by atoms with Crippen molar-refractivity contribution in [2.45, 2.75) is 122 Å². The number of thiazole rings is 1. The second-order valence-electron chi connectivity index (χ2n) is 25.2. The molecule has 2 aliphatic heterocycles. The maximum absolute atomic E-state index is 13.8. The maximum Gasteiger partial charge on any atom is 0.410 e. The minimum absolute atomic E-state index is 0.000746. The van der Waals surface area contributed by atoms with Gasteiger partial charge in [-0.2, -0.15) is 13.5 Å². The van der Waals surface area contributed by atoms with Crippen LogP contribution in [0.4, 0.5) is 21.4 Å². The Bertz CT molecular complexity index is 3900. The third-order valence-electron chi connectivity index (χ3n) is 17.8. The summed E-state index contributed by atoms with van der Waals surface area (Å²) >= 11 is 1.29.